The summed E-state index contributed by atoms with van der Waals surface area (Å²) in [6.45, 7) is 1.69. The molecule has 1 atom stereocenters. The molecule has 2 fully saturated rings. The van der Waals surface area contributed by atoms with Gasteiger partial charge in [0.05, 0.1) is 0 Å². The summed E-state index contributed by atoms with van der Waals surface area (Å²) in [5.41, 5.74) is 0.887. The van der Waals surface area contributed by atoms with E-state index in [0.717, 1.165) is 49.7 Å². The van der Waals surface area contributed by atoms with Gasteiger partial charge in [0.15, 0.2) is 5.65 Å². The number of hydrogen-bond donors (Lipinski definition) is 0. The number of pyridine rings is 1. The average Bonchev–Trinajstić information content (AvgIpc) is 3.13. The predicted molar refractivity (Wildman–Crippen MR) is 102 cm³/mol. The van der Waals surface area contributed by atoms with Crippen LogP contribution in [0.25, 0.3) is 5.65 Å². The second kappa shape index (κ2) is 8.19. The molecule has 2 aromatic rings. The largest absolute Gasteiger partial charge is 0.342 e. The van der Waals surface area contributed by atoms with Gasteiger partial charge in [-0.1, -0.05) is 38.2 Å². The lowest BCUT2D eigenvalue weighted by Gasteiger charge is -2.32. The van der Waals surface area contributed by atoms with Gasteiger partial charge in [-0.05, 0) is 43.7 Å². The van der Waals surface area contributed by atoms with Crippen LogP contribution < -0.4 is 0 Å². The van der Waals surface area contributed by atoms with E-state index in [9.17, 15) is 4.79 Å². The first-order valence-electron chi connectivity index (χ1n) is 10.4. The zero-order valence-corrected chi connectivity index (χ0v) is 15.6. The van der Waals surface area contributed by atoms with Crippen LogP contribution in [0.1, 0.15) is 76.0 Å². The summed E-state index contributed by atoms with van der Waals surface area (Å²) in [7, 11) is 0. The van der Waals surface area contributed by atoms with Crippen molar-refractivity contribution in [2.75, 3.05) is 13.1 Å². The maximum Gasteiger partial charge on any atom is 0.222 e. The number of amides is 1. The van der Waals surface area contributed by atoms with Gasteiger partial charge in [-0.25, -0.2) is 0 Å². The molecule has 1 saturated carbocycles. The molecule has 0 bridgehead atoms. The molecule has 140 valence electrons. The van der Waals surface area contributed by atoms with Gasteiger partial charge >= 0.3 is 0 Å². The van der Waals surface area contributed by atoms with Crippen LogP contribution in [0.15, 0.2) is 24.4 Å². The molecule has 1 unspecified atom stereocenters. The first kappa shape index (κ1) is 17.5. The molecule has 0 radical (unpaired) electrons. The third-order valence-corrected chi connectivity index (χ3v) is 6.21. The number of nitrogens with zero attached hydrogens (tertiary/aromatic N) is 4. The Bertz CT molecular complexity index is 734. The van der Waals surface area contributed by atoms with Crippen molar-refractivity contribution in [2.45, 2.75) is 70.1 Å². The van der Waals surface area contributed by atoms with Gasteiger partial charge in [0.2, 0.25) is 5.91 Å². The van der Waals surface area contributed by atoms with Crippen LogP contribution >= 0.6 is 0 Å². The predicted octanol–water partition coefficient (Wildman–Crippen LogP) is 4.19. The van der Waals surface area contributed by atoms with E-state index in [2.05, 4.69) is 19.5 Å². The van der Waals surface area contributed by atoms with Crippen LogP contribution in [0.4, 0.5) is 0 Å². The summed E-state index contributed by atoms with van der Waals surface area (Å²) in [4.78, 5) is 14.8. The zero-order chi connectivity index (χ0) is 17.8. The fraction of sp³-hybridized carbons (Fsp3) is 0.667. The lowest BCUT2D eigenvalue weighted by Crippen LogP contribution is -2.39. The Kier molecular flexibility index (Phi) is 5.51. The number of hydrogen-bond acceptors (Lipinski definition) is 3. The Morgan fingerprint density at radius 2 is 1.96 bits per heavy atom. The first-order valence-corrected chi connectivity index (χ1v) is 10.4. The van der Waals surface area contributed by atoms with Crippen molar-refractivity contribution in [2.24, 2.45) is 5.92 Å². The number of carbonyl (C=O) groups is 1. The van der Waals surface area contributed by atoms with Crippen LogP contribution in [0.2, 0.25) is 0 Å². The Labute approximate surface area is 155 Å². The van der Waals surface area contributed by atoms with Gasteiger partial charge < -0.3 is 4.90 Å². The Morgan fingerprint density at radius 3 is 2.85 bits per heavy atom. The van der Waals surface area contributed by atoms with Gasteiger partial charge in [-0.2, -0.15) is 0 Å². The third kappa shape index (κ3) is 3.92. The molecule has 0 spiro atoms. The van der Waals surface area contributed by atoms with Crippen molar-refractivity contribution < 1.29 is 4.79 Å². The summed E-state index contributed by atoms with van der Waals surface area (Å²) >= 11 is 0. The highest BCUT2D eigenvalue weighted by molar-refractivity contribution is 5.76. The maximum absolute atomic E-state index is 12.7. The minimum atomic E-state index is 0.295. The third-order valence-electron chi connectivity index (χ3n) is 6.21. The number of fused-ring (bicyclic) bond motifs is 1. The number of carbonyl (C=O) groups excluding carboxylic acids is 1. The normalized spacial score (nSPS) is 22.0. The Hall–Kier alpha value is -1.91. The molecule has 2 aromatic heterocycles. The lowest BCUT2D eigenvalue weighted by atomic mass is 9.86. The van der Waals surface area contributed by atoms with Gasteiger partial charge in [-0.15, -0.1) is 10.2 Å². The standard InChI is InChI=1S/C21H30N4O/c26-20(13-6-10-17-8-2-1-3-9-17)24-14-7-11-18(16-24)21-23-22-19-12-4-5-15-25(19)21/h4-5,12,15,17-18H,1-3,6-11,13-14,16H2. The Morgan fingerprint density at radius 1 is 1.08 bits per heavy atom. The fourth-order valence-electron chi connectivity index (χ4n) is 4.73. The van der Waals surface area contributed by atoms with Gasteiger partial charge in [0.1, 0.15) is 5.82 Å². The highest BCUT2D eigenvalue weighted by Gasteiger charge is 2.27. The number of aromatic nitrogens is 3. The van der Waals surface area contributed by atoms with E-state index in [1.54, 1.807) is 0 Å². The van der Waals surface area contributed by atoms with E-state index in [1.165, 1.54) is 38.5 Å². The van der Waals surface area contributed by atoms with Crippen molar-refractivity contribution in [1.29, 1.82) is 0 Å². The van der Waals surface area contributed by atoms with E-state index >= 15 is 0 Å². The fourth-order valence-corrected chi connectivity index (χ4v) is 4.73. The smallest absolute Gasteiger partial charge is 0.222 e. The lowest BCUT2D eigenvalue weighted by molar-refractivity contribution is -0.132. The quantitative estimate of drug-likeness (QED) is 0.809. The molecule has 1 saturated heterocycles. The van der Waals surface area contributed by atoms with Crippen molar-refractivity contribution >= 4 is 11.6 Å². The van der Waals surface area contributed by atoms with Crippen LogP contribution in [0.3, 0.4) is 0 Å². The molecular weight excluding hydrogens is 324 g/mol. The zero-order valence-electron chi connectivity index (χ0n) is 15.6. The second-order valence-corrected chi connectivity index (χ2v) is 8.06. The van der Waals surface area contributed by atoms with Crippen LogP contribution in [-0.2, 0) is 4.79 Å². The second-order valence-electron chi connectivity index (χ2n) is 8.06. The molecule has 2 aliphatic rings. The summed E-state index contributed by atoms with van der Waals surface area (Å²) < 4.78 is 2.07. The Balaban J connectivity index is 1.32. The molecule has 5 nitrogen and oxygen atoms in total. The van der Waals surface area contributed by atoms with E-state index in [4.69, 9.17) is 0 Å². The first-order chi connectivity index (χ1) is 12.8. The molecule has 1 amide bonds. The van der Waals surface area contributed by atoms with E-state index < -0.39 is 0 Å². The van der Waals surface area contributed by atoms with Crippen LogP contribution in [0, 0.1) is 5.92 Å². The van der Waals surface area contributed by atoms with Crippen molar-refractivity contribution in [3.05, 3.63) is 30.2 Å². The summed E-state index contributed by atoms with van der Waals surface area (Å²) in [5.74, 6) is 2.50. The van der Waals surface area contributed by atoms with E-state index in [1.807, 2.05) is 24.4 Å². The van der Waals surface area contributed by atoms with Crippen LogP contribution in [0.5, 0.6) is 0 Å². The number of piperidine rings is 1. The summed E-state index contributed by atoms with van der Waals surface area (Å²) in [5, 5.41) is 8.69. The number of rotatable bonds is 5. The summed E-state index contributed by atoms with van der Waals surface area (Å²) in [6, 6.07) is 5.97. The maximum atomic E-state index is 12.7. The van der Waals surface area contributed by atoms with Crippen molar-refractivity contribution in [3.63, 3.8) is 0 Å². The molecule has 0 aromatic carbocycles. The molecule has 0 N–H and O–H groups in total. The molecule has 5 heteroatoms. The highest BCUT2D eigenvalue weighted by atomic mass is 16.2. The van der Waals surface area contributed by atoms with Gasteiger partial charge in [0, 0.05) is 31.6 Å². The van der Waals surface area contributed by atoms with Crippen molar-refractivity contribution in [3.8, 4) is 0 Å². The van der Waals surface area contributed by atoms with Crippen LogP contribution in [-0.4, -0.2) is 38.5 Å². The number of likely N-dealkylation sites (tertiary alicyclic amines) is 1. The topological polar surface area (TPSA) is 50.5 Å². The van der Waals surface area contributed by atoms with Crippen molar-refractivity contribution in [1.82, 2.24) is 19.5 Å². The van der Waals surface area contributed by atoms with Gasteiger partial charge in [-0.3, -0.25) is 9.20 Å². The molecule has 3 heterocycles. The molecule has 1 aliphatic carbocycles. The van der Waals surface area contributed by atoms with E-state index in [-0.39, 0.29) is 0 Å². The molecule has 1 aliphatic heterocycles. The van der Waals surface area contributed by atoms with E-state index in [0.29, 0.717) is 18.2 Å². The monoisotopic (exact) mass is 354 g/mol. The average molecular weight is 354 g/mol. The summed E-state index contributed by atoms with van der Waals surface area (Å²) in [6.07, 6.45) is 14.1. The highest BCUT2D eigenvalue weighted by Crippen LogP contribution is 2.29. The van der Waals surface area contributed by atoms with Gasteiger partial charge in [0.25, 0.3) is 0 Å². The molecule has 26 heavy (non-hydrogen) atoms. The SMILES string of the molecule is O=C(CCCC1CCCCC1)N1CCCC(c2nnc3ccccn23)C1. The molecule has 4 rings (SSSR count). The molecular formula is C21H30N4O. The minimum Gasteiger partial charge on any atom is -0.342 e. The minimum absolute atomic E-state index is 0.295.